The number of carbonyl (C=O) groups is 2. The quantitative estimate of drug-likeness (QED) is 0.471. The smallest absolute Gasteiger partial charge is 0.229 e. The SMILES string of the molecule is CCCCC1=CC(C2CCCCC2)=C(CCCC)C(=O)C1=O. The lowest BCUT2D eigenvalue weighted by molar-refractivity contribution is -0.132. The van der Waals surface area contributed by atoms with Crippen LogP contribution in [0.4, 0.5) is 0 Å². The van der Waals surface area contributed by atoms with Gasteiger partial charge in [-0.15, -0.1) is 0 Å². The fourth-order valence-electron chi connectivity index (χ4n) is 3.70. The number of unbranched alkanes of at least 4 members (excludes halogenated alkanes) is 2. The second-order valence-electron chi connectivity index (χ2n) is 6.80. The van der Waals surface area contributed by atoms with E-state index in [1.165, 1.54) is 37.7 Å². The van der Waals surface area contributed by atoms with Gasteiger partial charge in [-0.1, -0.05) is 52.0 Å². The summed E-state index contributed by atoms with van der Waals surface area (Å²) in [5, 5.41) is 0. The molecule has 0 N–H and O–H groups in total. The van der Waals surface area contributed by atoms with Crippen molar-refractivity contribution in [2.24, 2.45) is 5.92 Å². The summed E-state index contributed by atoms with van der Waals surface area (Å²) in [6, 6.07) is 0. The van der Waals surface area contributed by atoms with Gasteiger partial charge in [0.1, 0.15) is 0 Å². The van der Waals surface area contributed by atoms with Gasteiger partial charge in [0.15, 0.2) is 0 Å². The Bertz CT molecular complexity index is 476. The van der Waals surface area contributed by atoms with Crippen LogP contribution in [0, 0.1) is 5.92 Å². The standard InChI is InChI=1S/C20H30O2/c1-3-5-10-16-14-18(15-11-8-7-9-12-15)17(13-6-4-2)20(22)19(16)21/h14-15H,3-13H2,1-2H3. The van der Waals surface area contributed by atoms with Crippen LogP contribution in [0.1, 0.15) is 84.5 Å². The van der Waals surface area contributed by atoms with Crippen LogP contribution in [-0.4, -0.2) is 11.6 Å². The zero-order valence-electron chi connectivity index (χ0n) is 14.2. The summed E-state index contributed by atoms with van der Waals surface area (Å²) in [4.78, 5) is 25.0. The van der Waals surface area contributed by atoms with Crippen LogP contribution in [0.15, 0.2) is 22.8 Å². The predicted octanol–water partition coefficient (Wildman–Crippen LogP) is 5.32. The van der Waals surface area contributed by atoms with Crippen LogP contribution in [0.25, 0.3) is 0 Å². The molecule has 1 fully saturated rings. The molecular weight excluding hydrogens is 272 g/mol. The summed E-state index contributed by atoms with van der Waals surface area (Å²) < 4.78 is 0. The van der Waals surface area contributed by atoms with Crippen LogP contribution in [0.2, 0.25) is 0 Å². The fraction of sp³-hybridized carbons (Fsp3) is 0.700. The lowest BCUT2D eigenvalue weighted by Gasteiger charge is -2.28. The van der Waals surface area contributed by atoms with Crippen molar-refractivity contribution in [3.63, 3.8) is 0 Å². The number of ketones is 2. The number of carbonyl (C=O) groups excluding carboxylic acids is 2. The summed E-state index contributed by atoms with van der Waals surface area (Å²) in [5.41, 5.74) is 2.84. The molecule has 22 heavy (non-hydrogen) atoms. The maximum absolute atomic E-state index is 12.6. The van der Waals surface area contributed by atoms with E-state index in [0.717, 1.165) is 49.7 Å². The Kier molecular flexibility index (Phi) is 6.60. The molecule has 0 unspecified atom stereocenters. The molecule has 0 aromatic carbocycles. The number of allylic oxidation sites excluding steroid dienone is 4. The molecule has 0 aliphatic heterocycles. The number of hydrogen-bond acceptors (Lipinski definition) is 2. The molecule has 0 radical (unpaired) electrons. The molecule has 0 bridgehead atoms. The van der Waals surface area contributed by atoms with E-state index in [0.29, 0.717) is 5.92 Å². The Morgan fingerprint density at radius 1 is 0.909 bits per heavy atom. The fourth-order valence-corrected chi connectivity index (χ4v) is 3.70. The third kappa shape index (κ3) is 3.97. The highest BCUT2D eigenvalue weighted by molar-refractivity contribution is 6.50. The van der Waals surface area contributed by atoms with E-state index < -0.39 is 0 Å². The second-order valence-corrected chi connectivity index (χ2v) is 6.80. The van der Waals surface area contributed by atoms with Crippen molar-refractivity contribution >= 4 is 11.6 Å². The minimum atomic E-state index is -0.223. The van der Waals surface area contributed by atoms with Crippen molar-refractivity contribution in [1.82, 2.24) is 0 Å². The summed E-state index contributed by atoms with van der Waals surface area (Å²) in [6.07, 6.45) is 14.0. The average molecular weight is 302 g/mol. The summed E-state index contributed by atoms with van der Waals surface area (Å²) >= 11 is 0. The maximum atomic E-state index is 12.6. The maximum Gasteiger partial charge on any atom is 0.229 e. The Morgan fingerprint density at radius 2 is 1.55 bits per heavy atom. The largest absolute Gasteiger partial charge is 0.285 e. The van der Waals surface area contributed by atoms with Crippen molar-refractivity contribution < 1.29 is 9.59 Å². The third-order valence-electron chi connectivity index (χ3n) is 5.08. The van der Waals surface area contributed by atoms with Crippen molar-refractivity contribution in [3.05, 3.63) is 22.8 Å². The van der Waals surface area contributed by atoms with Gasteiger partial charge in [-0.3, -0.25) is 9.59 Å². The highest BCUT2D eigenvalue weighted by Crippen LogP contribution is 2.37. The first-order chi connectivity index (χ1) is 10.7. The first-order valence-corrected chi connectivity index (χ1v) is 9.21. The average Bonchev–Trinajstić information content (AvgIpc) is 2.56. The Balaban J connectivity index is 2.31. The first kappa shape index (κ1) is 17.2. The Labute approximate surface area is 135 Å². The van der Waals surface area contributed by atoms with Crippen molar-refractivity contribution in [2.75, 3.05) is 0 Å². The molecule has 0 aromatic rings. The lowest BCUT2D eigenvalue weighted by Crippen LogP contribution is -2.26. The predicted molar refractivity (Wildman–Crippen MR) is 90.7 cm³/mol. The van der Waals surface area contributed by atoms with Crippen LogP contribution in [-0.2, 0) is 9.59 Å². The van der Waals surface area contributed by atoms with Gasteiger partial charge in [0.25, 0.3) is 0 Å². The van der Waals surface area contributed by atoms with Crippen LogP contribution in [0.3, 0.4) is 0 Å². The molecule has 0 atom stereocenters. The normalized spacial score (nSPS) is 20.5. The van der Waals surface area contributed by atoms with Gasteiger partial charge in [-0.2, -0.15) is 0 Å². The van der Waals surface area contributed by atoms with Gasteiger partial charge < -0.3 is 0 Å². The van der Waals surface area contributed by atoms with E-state index in [-0.39, 0.29) is 11.6 Å². The molecule has 2 aliphatic carbocycles. The molecule has 1 saturated carbocycles. The first-order valence-electron chi connectivity index (χ1n) is 9.21. The molecule has 0 saturated heterocycles. The number of hydrogen-bond donors (Lipinski definition) is 0. The summed E-state index contributed by atoms with van der Waals surface area (Å²) in [5.74, 6) is 0.0935. The molecule has 2 aliphatic rings. The van der Waals surface area contributed by atoms with Crippen LogP contribution in [0.5, 0.6) is 0 Å². The van der Waals surface area contributed by atoms with Crippen LogP contribution >= 0.6 is 0 Å². The number of rotatable bonds is 7. The molecule has 2 rings (SSSR count). The molecule has 0 amide bonds. The van der Waals surface area contributed by atoms with E-state index in [9.17, 15) is 9.59 Å². The lowest BCUT2D eigenvalue weighted by atomic mass is 9.75. The Morgan fingerprint density at radius 3 is 2.18 bits per heavy atom. The highest BCUT2D eigenvalue weighted by Gasteiger charge is 2.32. The molecule has 0 spiro atoms. The summed E-state index contributed by atoms with van der Waals surface area (Å²) in [7, 11) is 0. The van der Waals surface area contributed by atoms with Gasteiger partial charge in [-0.25, -0.2) is 0 Å². The minimum absolute atomic E-state index is 0.192. The van der Waals surface area contributed by atoms with E-state index in [1.807, 2.05) is 0 Å². The van der Waals surface area contributed by atoms with Gasteiger partial charge >= 0.3 is 0 Å². The van der Waals surface area contributed by atoms with Crippen molar-refractivity contribution in [2.45, 2.75) is 84.5 Å². The van der Waals surface area contributed by atoms with Crippen LogP contribution < -0.4 is 0 Å². The van der Waals surface area contributed by atoms with E-state index in [2.05, 4.69) is 19.9 Å². The number of Topliss-reactive ketones (excluding diaryl/α,β-unsaturated/α-hetero) is 2. The molecule has 2 heteroatoms. The zero-order chi connectivity index (χ0) is 15.9. The van der Waals surface area contributed by atoms with Gasteiger partial charge in [-0.05, 0) is 50.0 Å². The van der Waals surface area contributed by atoms with Gasteiger partial charge in [0, 0.05) is 11.1 Å². The van der Waals surface area contributed by atoms with Crippen molar-refractivity contribution in [1.29, 1.82) is 0 Å². The van der Waals surface area contributed by atoms with E-state index in [4.69, 9.17) is 0 Å². The molecule has 2 nitrogen and oxygen atoms in total. The third-order valence-corrected chi connectivity index (χ3v) is 5.08. The molecule has 0 aromatic heterocycles. The highest BCUT2D eigenvalue weighted by atomic mass is 16.2. The summed E-state index contributed by atoms with van der Waals surface area (Å²) in [6.45, 7) is 4.26. The Hall–Kier alpha value is -1.18. The zero-order valence-corrected chi connectivity index (χ0v) is 14.2. The molecular formula is C20H30O2. The topological polar surface area (TPSA) is 34.1 Å². The van der Waals surface area contributed by atoms with Gasteiger partial charge in [0.05, 0.1) is 0 Å². The van der Waals surface area contributed by atoms with E-state index >= 15 is 0 Å². The van der Waals surface area contributed by atoms with Crippen molar-refractivity contribution in [3.8, 4) is 0 Å². The van der Waals surface area contributed by atoms with E-state index in [1.54, 1.807) is 0 Å². The molecule has 0 heterocycles. The van der Waals surface area contributed by atoms with Gasteiger partial charge in [0.2, 0.25) is 11.6 Å². The minimum Gasteiger partial charge on any atom is -0.285 e. The molecule has 122 valence electrons. The second kappa shape index (κ2) is 8.45. The monoisotopic (exact) mass is 302 g/mol.